The molecule has 106 valence electrons. The lowest BCUT2D eigenvalue weighted by molar-refractivity contribution is 0.317. The molecule has 0 aliphatic heterocycles. The first-order valence-corrected chi connectivity index (χ1v) is 6.74. The summed E-state index contributed by atoms with van der Waals surface area (Å²) in [6.45, 7) is 4.80. The Bertz CT molecular complexity index is 554. The molecule has 0 unspecified atom stereocenters. The summed E-state index contributed by atoms with van der Waals surface area (Å²) >= 11 is 0. The highest BCUT2D eigenvalue weighted by atomic mass is 16.5. The Labute approximate surface area is 119 Å². The van der Waals surface area contributed by atoms with Crippen LogP contribution >= 0.6 is 0 Å². The van der Waals surface area contributed by atoms with Crippen LogP contribution in [-0.4, -0.2) is 23.6 Å². The van der Waals surface area contributed by atoms with Crippen molar-refractivity contribution in [1.29, 1.82) is 0 Å². The van der Waals surface area contributed by atoms with Gasteiger partial charge in [-0.15, -0.1) is 0 Å². The van der Waals surface area contributed by atoms with Gasteiger partial charge in [0.2, 0.25) is 5.95 Å². The molecule has 0 fully saturated rings. The van der Waals surface area contributed by atoms with Crippen molar-refractivity contribution >= 4 is 17.5 Å². The molecule has 5 heteroatoms. The molecule has 0 atom stereocenters. The number of benzene rings is 1. The summed E-state index contributed by atoms with van der Waals surface area (Å²) in [7, 11) is 1.80. The fourth-order valence-electron chi connectivity index (χ4n) is 1.68. The van der Waals surface area contributed by atoms with Crippen LogP contribution in [0.25, 0.3) is 0 Å². The highest BCUT2D eigenvalue weighted by Crippen LogP contribution is 2.21. The standard InChI is InChI=1S/C15H20N4O/c1-4-9-20-13-7-5-12(6-8-13)18-14-11(2)10-17-15(16-3)19-14/h5-8,10H,4,9H2,1-3H3,(H2,16,17,18,19). The molecule has 0 aliphatic rings. The van der Waals surface area contributed by atoms with E-state index in [4.69, 9.17) is 4.74 Å². The van der Waals surface area contributed by atoms with Crippen molar-refractivity contribution < 1.29 is 4.74 Å². The van der Waals surface area contributed by atoms with E-state index in [1.165, 1.54) is 0 Å². The summed E-state index contributed by atoms with van der Waals surface area (Å²) in [6, 6.07) is 7.86. The molecule has 0 radical (unpaired) electrons. The number of nitrogens with zero attached hydrogens (tertiary/aromatic N) is 2. The first-order valence-electron chi connectivity index (χ1n) is 6.74. The maximum absolute atomic E-state index is 5.56. The van der Waals surface area contributed by atoms with Crippen LogP contribution in [-0.2, 0) is 0 Å². The Morgan fingerprint density at radius 1 is 1.20 bits per heavy atom. The van der Waals surface area contributed by atoms with Crippen molar-refractivity contribution in [2.75, 3.05) is 24.3 Å². The van der Waals surface area contributed by atoms with Gasteiger partial charge in [0.15, 0.2) is 0 Å². The third kappa shape index (κ3) is 3.60. The van der Waals surface area contributed by atoms with Crippen LogP contribution in [0.1, 0.15) is 18.9 Å². The zero-order valence-corrected chi connectivity index (χ0v) is 12.1. The molecule has 0 saturated carbocycles. The smallest absolute Gasteiger partial charge is 0.224 e. The topological polar surface area (TPSA) is 59.1 Å². The second-order valence-electron chi connectivity index (χ2n) is 4.47. The molecule has 0 spiro atoms. The van der Waals surface area contributed by atoms with Crippen LogP contribution in [0.5, 0.6) is 5.75 Å². The van der Waals surface area contributed by atoms with Gasteiger partial charge < -0.3 is 15.4 Å². The second kappa shape index (κ2) is 6.75. The van der Waals surface area contributed by atoms with Crippen LogP contribution < -0.4 is 15.4 Å². The summed E-state index contributed by atoms with van der Waals surface area (Å²) in [5, 5.41) is 6.21. The first-order chi connectivity index (χ1) is 9.72. The Morgan fingerprint density at radius 2 is 1.95 bits per heavy atom. The van der Waals surface area contributed by atoms with E-state index in [0.717, 1.165) is 35.8 Å². The van der Waals surface area contributed by atoms with E-state index in [9.17, 15) is 0 Å². The fourth-order valence-corrected chi connectivity index (χ4v) is 1.68. The molecule has 20 heavy (non-hydrogen) atoms. The van der Waals surface area contributed by atoms with E-state index in [0.29, 0.717) is 5.95 Å². The molecule has 1 heterocycles. The fraction of sp³-hybridized carbons (Fsp3) is 0.333. The minimum absolute atomic E-state index is 0.598. The average Bonchev–Trinajstić information content (AvgIpc) is 2.49. The second-order valence-corrected chi connectivity index (χ2v) is 4.47. The largest absolute Gasteiger partial charge is 0.494 e. The number of nitrogens with one attached hydrogen (secondary N) is 2. The molecule has 0 aliphatic carbocycles. The first kappa shape index (κ1) is 14.1. The Hall–Kier alpha value is -2.30. The van der Waals surface area contributed by atoms with Gasteiger partial charge in [-0.25, -0.2) is 4.98 Å². The molecule has 2 N–H and O–H groups in total. The molecule has 2 rings (SSSR count). The van der Waals surface area contributed by atoms with Crippen molar-refractivity contribution in [2.24, 2.45) is 0 Å². The number of ether oxygens (including phenoxy) is 1. The van der Waals surface area contributed by atoms with Gasteiger partial charge in [-0.3, -0.25) is 0 Å². The van der Waals surface area contributed by atoms with Crippen molar-refractivity contribution in [2.45, 2.75) is 20.3 Å². The van der Waals surface area contributed by atoms with Crippen LogP contribution in [0.15, 0.2) is 30.5 Å². The van der Waals surface area contributed by atoms with Gasteiger partial charge in [-0.05, 0) is 37.6 Å². The van der Waals surface area contributed by atoms with E-state index < -0.39 is 0 Å². The molecule has 0 amide bonds. The summed E-state index contributed by atoms with van der Waals surface area (Å²) in [5.74, 6) is 2.28. The SMILES string of the molecule is CCCOc1ccc(Nc2nc(NC)ncc2C)cc1. The zero-order chi connectivity index (χ0) is 14.4. The summed E-state index contributed by atoms with van der Waals surface area (Å²) in [4.78, 5) is 8.56. The monoisotopic (exact) mass is 272 g/mol. The Balaban J connectivity index is 2.09. The molecule has 0 saturated heterocycles. The van der Waals surface area contributed by atoms with Crippen LogP contribution in [0, 0.1) is 6.92 Å². The van der Waals surface area contributed by atoms with E-state index in [2.05, 4.69) is 27.5 Å². The number of aryl methyl sites for hydroxylation is 1. The van der Waals surface area contributed by atoms with Gasteiger partial charge in [-0.1, -0.05) is 6.92 Å². The minimum Gasteiger partial charge on any atom is -0.494 e. The quantitative estimate of drug-likeness (QED) is 0.844. The van der Waals surface area contributed by atoms with Crippen LogP contribution in [0.4, 0.5) is 17.5 Å². The number of hydrogen-bond acceptors (Lipinski definition) is 5. The number of hydrogen-bond donors (Lipinski definition) is 2. The lowest BCUT2D eigenvalue weighted by atomic mass is 10.3. The lowest BCUT2D eigenvalue weighted by Crippen LogP contribution is -2.02. The van der Waals surface area contributed by atoms with E-state index in [1.807, 2.05) is 31.2 Å². The van der Waals surface area contributed by atoms with Crippen molar-refractivity contribution in [3.8, 4) is 5.75 Å². The van der Waals surface area contributed by atoms with Gasteiger partial charge in [-0.2, -0.15) is 4.98 Å². The van der Waals surface area contributed by atoms with Gasteiger partial charge in [0, 0.05) is 24.5 Å². The molecular weight excluding hydrogens is 252 g/mol. The lowest BCUT2D eigenvalue weighted by Gasteiger charge is -2.10. The summed E-state index contributed by atoms with van der Waals surface area (Å²) in [6.07, 6.45) is 2.80. The van der Waals surface area contributed by atoms with E-state index >= 15 is 0 Å². The predicted octanol–water partition coefficient (Wildman–Crippen LogP) is 3.36. The third-order valence-corrected chi connectivity index (χ3v) is 2.79. The van der Waals surface area contributed by atoms with E-state index in [-0.39, 0.29) is 0 Å². The molecule has 2 aromatic rings. The van der Waals surface area contributed by atoms with Gasteiger partial charge in [0.25, 0.3) is 0 Å². The maximum Gasteiger partial charge on any atom is 0.224 e. The molecule has 0 bridgehead atoms. The minimum atomic E-state index is 0.598. The normalized spacial score (nSPS) is 10.2. The van der Waals surface area contributed by atoms with Crippen LogP contribution in [0.2, 0.25) is 0 Å². The van der Waals surface area contributed by atoms with Crippen LogP contribution in [0.3, 0.4) is 0 Å². The molecule has 5 nitrogen and oxygen atoms in total. The third-order valence-electron chi connectivity index (χ3n) is 2.79. The number of rotatable bonds is 6. The van der Waals surface area contributed by atoms with E-state index in [1.54, 1.807) is 13.2 Å². The van der Waals surface area contributed by atoms with Crippen molar-refractivity contribution in [3.05, 3.63) is 36.0 Å². The van der Waals surface area contributed by atoms with Gasteiger partial charge >= 0.3 is 0 Å². The summed E-state index contributed by atoms with van der Waals surface area (Å²) < 4.78 is 5.56. The van der Waals surface area contributed by atoms with Gasteiger partial charge in [0.05, 0.1) is 6.61 Å². The van der Waals surface area contributed by atoms with Crippen molar-refractivity contribution in [1.82, 2.24) is 9.97 Å². The predicted molar refractivity (Wildman–Crippen MR) is 81.8 cm³/mol. The Morgan fingerprint density at radius 3 is 2.60 bits per heavy atom. The molecule has 1 aromatic carbocycles. The number of anilines is 3. The average molecular weight is 272 g/mol. The maximum atomic E-state index is 5.56. The highest BCUT2D eigenvalue weighted by molar-refractivity contribution is 5.60. The highest BCUT2D eigenvalue weighted by Gasteiger charge is 2.03. The molecule has 1 aromatic heterocycles. The summed E-state index contributed by atoms with van der Waals surface area (Å²) in [5.41, 5.74) is 1.97. The zero-order valence-electron chi connectivity index (χ0n) is 12.1. The Kier molecular flexibility index (Phi) is 4.76. The molecular formula is C15H20N4O. The number of aromatic nitrogens is 2. The van der Waals surface area contributed by atoms with Gasteiger partial charge in [0.1, 0.15) is 11.6 Å². The van der Waals surface area contributed by atoms with Crippen molar-refractivity contribution in [3.63, 3.8) is 0 Å².